The minimum Gasteiger partial charge on any atom is -0.489 e. The number of carbonyl (C=O) groups excluding carboxylic acids is 1. The number of aromatic nitrogens is 2. The molecule has 132 valence electrons. The first-order chi connectivity index (χ1) is 12.6. The Kier molecular flexibility index (Phi) is 4.39. The first-order valence-corrected chi connectivity index (χ1v) is 8.80. The molecule has 0 aliphatic carbocycles. The van der Waals surface area contributed by atoms with E-state index in [0.717, 1.165) is 28.1 Å². The lowest BCUT2D eigenvalue weighted by molar-refractivity contribution is -0.116. The summed E-state index contributed by atoms with van der Waals surface area (Å²) in [6.45, 7) is 2.40. The van der Waals surface area contributed by atoms with Crippen molar-refractivity contribution in [3.8, 4) is 5.75 Å². The van der Waals surface area contributed by atoms with Gasteiger partial charge in [-0.3, -0.25) is 9.89 Å². The molecule has 26 heavy (non-hydrogen) atoms. The van der Waals surface area contributed by atoms with Crippen LogP contribution in [-0.2, 0) is 11.4 Å². The highest BCUT2D eigenvalue weighted by Crippen LogP contribution is 2.41. The zero-order valence-electron chi connectivity index (χ0n) is 14.3. The summed E-state index contributed by atoms with van der Waals surface area (Å²) in [6, 6.07) is 15.4. The molecule has 1 atom stereocenters. The second-order valence-corrected chi connectivity index (χ2v) is 6.81. The summed E-state index contributed by atoms with van der Waals surface area (Å²) in [5.41, 5.74) is 4.00. The fourth-order valence-corrected chi connectivity index (χ4v) is 3.46. The van der Waals surface area contributed by atoms with E-state index in [1.165, 1.54) is 0 Å². The van der Waals surface area contributed by atoms with Crippen LogP contribution >= 0.6 is 11.6 Å². The fraction of sp³-hybridized carbons (Fsp3) is 0.200. The minimum absolute atomic E-state index is 0.0403. The Bertz CT molecular complexity index is 950. The Labute approximate surface area is 156 Å². The van der Waals surface area contributed by atoms with Crippen LogP contribution in [0.15, 0.2) is 48.5 Å². The molecule has 0 bridgehead atoms. The van der Waals surface area contributed by atoms with Gasteiger partial charge in [0, 0.05) is 34.2 Å². The minimum atomic E-state index is -0.0843. The predicted octanol–water partition coefficient (Wildman–Crippen LogP) is 4.42. The maximum Gasteiger partial charge on any atom is 0.226 e. The van der Waals surface area contributed by atoms with E-state index >= 15 is 0 Å². The van der Waals surface area contributed by atoms with Gasteiger partial charge in [-0.1, -0.05) is 41.9 Å². The predicted molar refractivity (Wildman–Crippen MR) is 101 cm³/mol. The quantitative estimate of drug-likeness (QED) is 0.717. The van der Waals surface area contributed by atoms with Crippen LogP contribution in [0.2, 0.25) is 5.02 Å². The molecule has 0 spiro atoms. The van der Waals surface area contributed by atoms with Crippen LogP contribution in [0.3, 0.4) is 0 Å². The van der Waals surface area contributed by atoms with Crippen molar-refractivity contribution < 1.29 is 9.53 Å². The zero-order chi connectivity index (χ0) is 18.1. The number of anilines is 1. The second kappa shape index (κ2) is 6.84. The van der Waals surface area contributed by atoms with Gasteiger partial charge in [0.1, 0.15) is 12.4 Å². The number of aryl methyl sites for hydroxylation is 1. The van der Waals surface area contributed by atoms with E-state index < -0.39 is 0 Å². The molecule has 1 amide bonds. The largest absolute Gasteiger partial charge is 0.489 e. The maximum absolute atomic E-state index is 12.1. The number of ether oxygens (including phenoxy) is 1. The van der Waals surface area contributed by atoms with E-state index in [9.17, 15) is 4.79 Å². The van der Waals surface area contributed by atoms with E-state index in [-0.39, 0.29) is 11.8 Å². The molecule has 2 aromatic carbocycles. The van der Waals surface area contributed by atoms with Crippen molar-refractivity contribution in [2.24, 2.45) is 0 Å². The molecule has 1 aromatic heterocycles. The van der Waals surface area contributed by atoms with Crippen LogP contribution in [0.1, 0.15) is 34.7 Å². The van der Waals surface area contributed by atoms with E-state index in [1.807, 2.05) is 55.5 Å². The van der Waals surface area contributed by atoms with Gasteiger partial charge in [0.05, 0.1) is 0 Å². The summed E-state index contributed by atoms with van der Waals surface area (Å²) in [7, 11) is 0. The van der Waals surface area contributed by atoms with Gasteiger partial charge < -0.3 is 10.1 Å². The number of amides is 1. The van der Waals surface area contributed by atoms with Gasteiger partial charge in [-0.25, -0.2) is 0 Å². The summed E-state index contributed by atoms with van der Waals surface area (Å²) in [5, 5.41) is 10.7. The molecule has 4 rings (SSSR count). The van der Waals surface area contributed by atoms with Crippen molar-refractivity contribution in [1.29, 1.82) is 0 Å². The molecule has 6 heteroatoms. The molecule has 0 unspecified atom stereocenters. The van der Waals surface area contributed by atoms with Crippen LogP contribution in [0.4, 0.5) is 5.82 Å². The Hall–Kier alpha value is -2.79. The number of carbonyl (C=O) groups is 1. The molecular formula is C20H18ClN3O2. The van der Waals surface area contributed by atoms with Gasteiger partial charge in [0.2, 0.25) is 5.91 Å². The van der Waals surface area contributed by atoms with Crippen molar-refractivity contribution in [2.75, 3.05) is 5.32 Å². The molecule has 1 aliphatic rings. The Morgan fingerprint density at radius 3 is 2.77 bits per heavy atom. The van der Waals surface area contributed by atoms with E-state index in [2.05, 4.69) is 15.5 Å². The molecule has 0 saturated carbocycles. The first kappa shape index (κ1) is 16.7. The van der Waals surface area contributed by atoms with E-state index in [0.29, 0.717) is 23.9 Å². The fourth-order valence-electron chi connectivity index (χ4n) is 3.34. The third-order valence-corrected chi connectivity index (χ3v) is 4.84. The summed E-state index contributed by atoms with van der Waals surface area (Å²) >= 11 is 5.93. The van der Waals surface area contributed by atoms with E-state index in [1.54, 1.807) is 0 Å². The van der Waals surface area contributed by atoms with Crippen LogP contribution < -0.4 is 10.1 Å². The first-order valence-electron chi connectivity index (χ1n) is 8.42. The number of fused-ring (bicyclic) bond motifs is 1. The summed E-state index contributed by atoms with van der Waals surface area (Å²) in [6.07, 6.45) is 0.370. The van der Waals surface area contributed by atoms with Crippen LogP contribution in [-0.4, -0.2) is 16.1 Å². The average Bonchev–Trinajstić information content (AvgIpc) is 3.01. The number of nitrogens with zero attached hydrogens (tertiary/aromatic N) is 1. The third-order valence-electron chi connectivity index (χ3n) is 4.59. The summed E-state index contributed by atoms with van der Waals surface area (Å²) in [5.74, 6) is 1.25. The number of H-pyrrole nitrogens is 1. The monoisotopic (exact) mass is 367 g/mol. The number of hydrogen-bond donors (Lipinski definition) is 2. The topological polar surface area (TPSA) is 67.0 Å². The molecule has 1 aliphatic heterocycles. The highest BCUT2D eigenvalue weighted by molar-refractivity contribution is 6.30. The Morgan fingerprint density at radius 1 is 1.19 bits per heavy atom. The summed E-state index contributed by atoms with van der Waals surface area (Å²) in [4.78, 5) is 12.1. The number of para-hydroxylation sites is 1. The Morgan fingerprint density at radius 2 is 1.96 bits per heavy atom. The highest BCUT2D eigenvalue weighted by Gasteiger charge is 2.32. The lowest BCUT2D eigenvalue weighted by Gasteiger charge is -2.24. The lowest BCUT2D eigenvalue weighted by Crippen LogP contribution is -2.23. The van der Waals surface area contributed by atoms with Gasteiger partial charge in [-0.15, -0.1) is 0 Å². The standard InChI is InChI=1S/C20H18ClN3O2/c1-12-19-16(10-18(25)22-20(19)24-23-12)15-4-2-3-5-17(15)26-11-13-6-8-14(21)9-7-13/h2-9,16H,10-11H2,1H3,(H2,22,23,24,25)/t16-/m1/s1. The van der Waals surface area contributed by atoms with Gasteiger partial charge in [-0.2, -0.15) is 5.10 Å². The van der Waals surface area contributed by atoms with E-state index in [4.69, 9.17) is 16.3 Å². The molecule has 0 fully saturated rings. The van der Waals surface area contributed by atoms with Gasteiger partial charge in [0.25, 0.3) is 0 Å². The van der Waals surface area contributed by atoms with Gasteiger partial charge in [0.15, 0.2) is 5.82 Å². The van der Waals surface area contributed by atoms with Crippen molar-refractivity contribution in [3.63, 3.8) is 0 Å². The smallest absolute Gasteiger partial charge is 0.226 e. The van der Waals surface area contributed by atoms with Gasteiger partial charge >= 0.3 is 0 Å². The van der Waals surface area contributed by atoms with Crippen LogP contribution in [0.5, 0.6) is 5.75 Å². The average molecular weight is 368 g/mol. The van der Waals surface area contributed by atoms with Gasteiger partial charge in [-0.05, 0) is 30.7 Å². The zero-order valence-corrected chi connectivity index (χ0v) is 15.0. The lowest BCUT2D eigenvalue weighted by atomic mass is 9.85. The molecular weight excluding hydrogens is 350 g/mol. The van der Waals surface area contributed by atoms with Crippen molar-refractivity contribution >= 4 is 23.3 Å². The molecule has 0 saturated heterocycles. The molecule has 0 radical (unpaired) electrons. The normalized spacial score (nSPS) is 16.1. The molecule has 3 aromatic rings. The van der Waals surface area contributed by atoms with Crippen molar-refractivity contribution in [1.82, 2.24) is 10.2 Å². The van der Waals surface area contributed by atoms with Crippen molar-refractivity contribution in [2.45, 2.75) is 25.9 Å². The number of benzene rings is 2. The number of halogens is 1. The van der Waals surface area contributed by atoms with Crippen LogP contribution in [0.25, 0.3) is 0 Å². The number of aromatic amines is 1. The summed E-state index contributed by atoms with van der Waals surface area (Å²) < 4.78 is 6.08. The molecule has 2 N–H and O–H groups in total. The molecule has 5 nitrogen and oxygen atoms in total. The third kappa shape index (κ3) is 3.18. The number of nitrogens with one attached hydrogen (secondary N) is 2. The SMILES string of the molecule is Cc1[nH]nc2c1[C@@H](c1ccccc1OCc1ccc(Cl)cc1)CC(=O)N2. The number of rotatable bonds is 4. The van der Waals surface area contributed by atoms with Crippen molar-refractivity contribution in [3.05, 3.63) is 75.9 Å². The Balaban J connectivity index is 1.65. The number of hydrogen-bond acceptors (Lipinski definition) is 3. The molecule has 2 heterocycles. The highest BCUT2D eigenvalue weighted by atomic mass is 35.5. The maximum atomic E-state index is 12.1. The van der Waals surface area contributed by atoms with Crippen LogP contribution in [0, 0.1) is 6.92 Å². The second-order valence-electron chi connectivity index (χ2n) is 6.37.